The van der Waals surface area contributed by atoms with Crippen LogP contribution in [0, 0.1) is 6.92 Å². The minimum atomic E-state index is 0.0456. The second-order valence-corrected chi connectivity index (χ2v) is 5.71. The number of amides is 1. The fourth-order valence-electron chi connectivity index (χ4n) is 3.07. The number of aryl methyl sites for hydroxylation is 2. The van der Waals surface area contributed by atoms with Crippen molar-refractivity contribution in [2.45, 2.75) is 32.2 Å². The molecule has 0 spiro atoms. The number of hydrogen-bond acceptors (Lipinski definition) is 2. The van der Waals surface area contributed by atoms with Crippen LogP contribution >= 0.6 is 0 Å². The van der Waals surface area contributed by atoms with Crippen LogP contribution in [-0.2, 0) is 6.42 Å². The average molecular weight is 280 g/mol. The lowest BCUT2D eigenvalue weighted by molar-refractivity contribution is 0.0714. The monoisotopic (exact) mass is 280 g/mol. The number of hydrogen-bond donors (Lipinski definition) is 0. The quantitative estimate of drug-likeness (QED) is 0.843. The first-order valence-corrected chi connectivity index (χ1v) is 7.44. The van der Waals surface area contributed by atoms with Crippen molar-refractivity contribution < 1.29 is 4.79 Å². The largest absolute Gasteiger partial charge is 0.335 e. The Morgan fingerprint density at radius 2 is 2.05 bits per heavy atom. The van der Waals surface area contributed by atoms with Crippen molar-refractivity contribution in [3.05, 3.63) is 65.0 Å². The van der Waals surface area contributed by atoms with Crippen LogP contribution in [0.2, 0.25) is 0 Å². The molecule has 0 saturated heterocycles. The van der Waals surface area contributed by atoms with Crippen molar-refractivity contribution in [1.29, 1.82) is 0 Å². The Labute approximate surface area is 125 Å². The SMILES string of the molecule is Cc1ccc(C(=O)N(C)C2CCCc3ccccc32)cn1. The number of benzene rings is 1. The summed E-state index contributed by atoms with van der Waals surface area (Å²) in [6, 6.07) is 12.4. The Morgan fingerprint density at radius 3 is 2.81 bits per heavy atom. The third-order valence-electron chi connectivity index (χ3n) is 4.28. The van der Waals surface area contributed by atoms with Gasteiger partial charge in [-0.05, 0) is 49.4 Å². The molecule has 1 aromatic carbocycles. The molecule has 3 rings (SSSR count). The first kappa shape index (κ1) is 13.8. The highest BCUT2D eigenvalue weighted by molar-refractivity contribution is 5.94. The van der Waals surface area contributed by atoms with E-state index in [9.17, 15) is 4.79 Å². The molecule has 3 heteroatoms. The van der Waals surface area contributed by atoms with E-state index in [0.717, 1.165) is 25.0 Å². The summed E-state index contributed by atoms with van der Waals surface area (Å²) in [5.74, 6) is 0.0456. The zero-order valence-corrected chi connectivity index (χ0v) is 12.5. The maximum Gasteiger partial charge on any atom is 0.255 e. The van der Waals surface area contributed by atoms with E-state index in [0.29, 0.717) is 5.56 Å². The van der Waals surface area contributed by atoms with Gasteiger partial charge in [-0.15, -0.1) is 0 Å². The van der Waals surface area contributed by atoms with Gasteiger partial charge >= 0.3 is 0 Å². The Kier molecular flexibility index (Phi) is 3.74. The van der Waals surface area contributed by atoms with E-state index in [4.69, 9.17) is 0 Å². The van der Waals surface area contributed by atoms with Gasteiger partial charge in [0.2, 0.25) is 0 Å². The topological polar surface area (TPSA) is 33.2 Å². The molecule has 0 bridgehead atoms. The Bertz CT molecular complexity index is 649. The van der Waals surface area contributed by atoms with Crippen LogP contribution in [0.3, 0.4) is 0 Å². The Balaban J connectivity index is 1.87. The lowest BCUT2D eigenvalue weighted by Crippen LogP contribution is -2.33. The zero-order valence-electron chi connectivity index (χ0n) is 12.5. The van der Waals surface area contributed by atoms with Crippen molar-refractivity contribution in [3.8, 4) is 0 Å². The number of carbonyl (C=O) groups is 1. The average Bonchev–Trinajstić information content (AvgIpc) is 2.53. The zero-order chi connectivity index (χ0) is 14.8. The van der Waals surface area contributed by atoms with Gasteiger partial charge < -0.3 is 4.90 Å². The molecule has 1 aliphatic carbocycles. The lowest BCUT2D eigenvalue weighted by Gasteiger charge is -2.33. The summed E-state index contributed by atoms with van der Waals surface area (Å²) < 4.78 is 0. The van der Waals surface area contributed by atoms with Crippen molar-refractivity contribution in [3.63, 3.8) is 0 Å². The summed E-state index contributed by atoms with van der Waals surface area (Å²) in [4.78, 5) is 18.7. The third kappa shape index (κ3) is 2.68. The summed E-state index contributed by atoms with van der Waals surface area (Å²) in [5.41, 5.74) is 4.25. The lowest BCUT2D eigenvalue weighted by atomic mass is 9.87. The smallest absolute Gasteiger partial charge is 0.255 e. The van der Waals surface area contributed by atoms with Crippen LogP contribution in [0.4, 0.5) is 0 Å². The van der Waals surface area contributed by atoms with Crippen LogP contribution in [0.5, 0.6) is 0 Å². The summed E-state index contributed by atoms with van der Waals surface area (Å²) in [6.45, 7) is 1.93. The maximum atomic E-state index is 12.7. The minimum Gasteiger partial charge on any atom is -0.335 e. The second kappa shape index (κ2) is 5.68. The van der Waals surface area contributed by atoms with E-state index >= 15 is 0 Å². The van der Waals surface area contributed by atoms with E-state index in [-0.39, 0.29) is 11.9 Å². The highest BCUT2D eigenvalue weighted by Gasteiger charge is 2.27. The van der Waals surface area contributed by atoms with Gasteiger partial charge in [0.25, 0.3) is 5.91 Å². The summed E-state index contributed by atoms with van der Waals surface area (Å²) in [7, 11) is 1.90. The van der Waals surface area contributed by atoms with Gasteiger partial charge in [0.1, 0.15) is 0 Å². The molecule has 0 N–H and O–H groups in total. The Morgan fingerprint density at radius 1 is 1.24 bits per heavy atom. The predicted molar refractivity (Wildman–Crippen MR) is 83.2 cm³/mol. The summed E-state index contributed by atoms with van der Waals surface area (Å²) in [6.07, 6.45) is 4.94. The van der Waals surface area contributed by atoms with Crippen LogP contribution in [0.1, 0.15) is 46.1 Å². The summed E-state index contributed by atoms with van der Waals surface area (Å²) >= 11 is 0. The number of aromatic nitrogens is 1. The molecule has 1 heterocycles. The molecule has 1 unspecified atom stereocenters. The molecule has 21 heavy (non-hydrogen) atoms. The molecule has 0 radical (unpaired) electrons. The van der Waals surface area contributed by atoms with Gasteiger partial charge in [0, 0.05) is 18.9 Å². The minimum absolute atomic E-state index is 0.0456. The molecule has 1 amide bonds. The number of rotatable bonds is 2. The van der Waals surface area contributed by atoms with E-state index in [2.05, 4.69) is 29.2 Å². The molecule has 0 fully saturated rings. The molecule has 1 atom stereocenters. The number of nitrogens with zero attached hydrogens (tertiary/aromatic N) is 2. The number of pyridine rings is 1. The first-order valence-electron chi connectivity index (χ1n) is 7.44. The second-order valence-electron chi connectivity index (χ2n) is 5.71. The van der Waals surface area contributed by atoms with Gasteiger partial charge in [-0.25, -0.2) is 0 Å². The molecule has 1 aliphatic rings. The van der Waals surface area contributed by atoms with Crippen LogP contribution < -0.4 is 0 Å². The molecule has 2 aromatic rings. The van der Waals surface area contributed by atoms with Crippen molar-refractivity contribution in [2.75, 3.05) is 7.05 Å². The van der Waals surface area contributed by atoms with Crippen molar-refractivity contribution in [1.82, 2.24) is 9.88 Å². The highest BCUT2D eigenvalue weighted by Crippen LogP contribution is 2.34. The molecular weight excluding hydrogens is 260 g/mol. The molecule has 0 aliphatic heterocycles. The first-order chi connectivity index (χ1) is 10.2. The highest BCUT2D eigenvalue weighted by atomic mass is 16.2. The van der Waals surface area contributed by atoms with Gasteiger partial charge in [0.05, 0.1) is 11.6 Å². The molecule has 0 saturated carbocycles. The van der Waals surface area contributed by atoms with Crippen molar-refractivity contribution >= 4 is 5.91 Å². The molecule has 3 nitrogen and oxygen atoms in total. The van der Waals surface area contributed by atoms with Gasteiger partial charge in [-0.1, -0.05) is 24.3 Å². The van der Waals surface area contributed by atoms with Crippen LogP contribution in [0.15, 0.2) is 42.6 Å². The van der Waals surface area contributed by atoms with E-state index < -0.39 is 0 Å². The number of carbonyl (C=O) groups excluding carboxylic acids is 1. The molecular formula is C18H20N2O. The van der Waals surface area contributed by atoms with Gasteiger partial charge in [-0.2, -0.15) is 0 Å². The van der Waals surface area contributed by atoms with Gasteiger partial charge in [0.15, 0.2) is 0 Å². The maximum absolute atomic E-state index is 12.7. The predicted octanol–water partition coefficient (Wildman–Crippen LogP) is 3.54. The van der Waals surface area contributed by atoms with Crippen LogP contribution in [0.25, 0.3) is 0 Å². The van der Waals surface area contributed by atoms with E-state index in [1.54, 1.807) is 6.20 Å². The van der Waals surface area contributed by atoms with Crippen molar-refractivity contribution in [2.24, 2.45) is 0 Å². The number of fused-ring (bicyclic) bond motifs is 1. The molecule has 1 aromatic heterocycles. The fraction of sp³-hybridized carbons (Fsp3) is 0.333. The van der Waals surface area contributed by atoms with E-state index in [1.165, 1.54) is 11.1 Å². The third-order valence-corrected chi connectivity index (χ3v) is 4.28. The van der Waals surface area contributed by atoms with E-state index in [1.807, 2.05) is 31.0 Å². The normalized spacial score (nSPS) is 17.1. The molecule has 108 valence electrons. The summed E-state index contributed by atoms with van der Waals surface area (Å²) in [5, 5.41) is 0. The van der Waals surface area contributed by atoms with Crippen LogP contribution in [-0.4, -0.2) is 22.8 Å². The standard InChI is InChI=1S/C18H20N2O/c1-13-10-11-15(12-19-13)18(21)20(2)17-9-5-7-14-6-3-4-8-16(14)17/h3-4,6,8,10-12,17H,5,7,9H2,1-2H3. The Hall–Kier alpha value is -2.16. The van der Waals surface area contributed by atoms with Gasteiger partial charge in [-0.3, -0.25) is 9.78 Å². The fourth-order valence-corrected chi connectivity index (χ4v) is 3.07.